The van der Waals surface area contributed by atoms with Gasteiger partial charge in [0.1, 0.15) is 5.82 Å². The Morgan fingerprint density at radius 3 is 3.04 bits per heavy atom. The summed E-state index contributed by atoms with van der Waals surface area (Å²) < 4.78 is 0. The molecule has 3 heterocycles. The molecule has 1 fully saturated rings. The lowest BCUT2D eigenvalue weighted by molar-refractivity contribution is 0.0643. The third kappa shape index (κ3) is 3.95. The summed E-state index contributed by atoms with van der Waals surface area (Å²) in [6.45, 7) is 3.88. The maximum absolute atomic E-state index is 12.6. The van der Waals surface area contributed by atoms with Gasteiger partial charge in [-0.25, -0.2) is 9.89 Å². The van der Waals surface area contributed by atoms with Crippen molar-refractivity contribution in [3.8, 4) is 12.3 Å². The fourth-order valence-corrected chi connectivity index (χ4v) is 3.07. The van der Waals surface area contributed by atoms with Crippen molar-refractivity contribution in [1.82, 2.24) is 30.4 Å². The van der Waals surface area contributed by atoms with Crippen LogP contribution in [0.5, 0.6) is 0 Å². The summed E-state index contributed by atoms with van der Waals surface area (Å²) in [7, 11) is 0. The fourth-order valence-electron chi connectivity index (χ4n) is 3.07. The predicted molar refractivity (Wildman–Crippen MR) is 91.7 cm³/mol. The van der Waals surface area contributed by atoms with Crippen LogP contribution in [0.25, 0.3) is 0 Å². The molecule has 0 unspecified atom stereocenters. The van der Waals surface area contributed by atoms with Gasteiger partial charge in [-0.05, 0) is 18.4 Å². The van der Waals surface area contributed by atoms with Gasteiger partial charge in [-0.2, -0.15) is 5.10 Å². The van der Waals surface area contributed by atoms with Gasteiger partial charge in [0.25, 0.3) is 5.91 Å². The van der Waals surface area contributed by atoms with Crippen molar-refractivity contribution < 1.29 is 4.79 Å². The zero-order chi connectivity index (χ0) is 17.8. The Kier molecular flexibility index (Phi) is 4.95. The topological polar surface area (TPSA) is 107 Å². The Morgan fingerprint density at radius 1 is 1.52 bits per heavy atom. The smallest absolute Gasteiger partial charge is 0.338 e. The number of piperidine rings is 1. The second-order valence-corrected chi connectivity index (χ2v) is 6.24. The van der Waals surface area contributed by atoms with Crippen molar-refractivity contribution in [2.75, 3.05) is 13.1 Å². The molecule has 8 nitrogen and oxygen atoms in total. The average molecular weight is 340 g/mol. The summed E-state index contributed by atoms with van der Waals surface area (Å²) in [5.74, 6) is 3.30. The van der Waals surface area contributed by atoms with E-state index in [1.807, 2.05) is 4.90 Å². The van der Waals surface area contributed by atoms with Crippen molar-refractivity contribution in [2.24, 2.45) is 5.92 Å². The number of carbonyl (C=O) groups is 1. The first-order valence-electron chi connectivity index (χ1n) is 8.14. The number of pyridine rings is 1. The van der Waals surface area contributed by atoms with E-state index in [2.05, 4.69) is 38.3 Å². The van der Waals surface area contributed by atoms with Crippen LogP contribution in [0.4, 0.5) is 0 Å². The quantitative estimate of drug-likeness (QED) is 0.685. The monoisotopic (exact) mass is 340 g/mol. The Hall–Kier alpha value is -2.92. The number of aromatic amines is 2. The molecular formula is C17H20N6O2. The predicted octanol–water partition coefficient (Wildman–Crippen LogP) is 0.115. The molecule has 130 valence electrons. The molecule has 0 spiro atoms. The number of H-pyrrole nitrogens is 2. The van der Waals surface area contributed by atoms with E-state index in [0.717, 1.165) is 6.42 Å². The summed E-state index contributed by atoms with van der Waals surface area (Å²) in [5, 5.41) is 9.61. The maximum atomic E-state index is 12.6. The van der Waals surface area contributed by atoms with Crippen molar-refractivity contribution >= 4 is 5.91 Å². The lowest BCUT2D eigenvalue weighted by Crippen LogP contribution is -2.50. The van der Waals surface area contributed by atoms with Crippen LogP contribution in [-0.2, 0) is 6.54 Å². The van der Waals surface area contributed by atoms with Crippen LogP contribution in [0, 0.1) is 18.3 Å². The van der Waals surface area contributed by atoms with E-state index in [9.17, 15) is 9.59 Å². The molecule has 3 N–H and O–H groups in total. The van der Waals surface area contributed by atoms with Gasteiger partial charge >= 0.3 is 5.69 Å². The minimum absolute atomic E-state index is 0.0495. The third-order valence-electron chi connectivity index (χ3n) is 4.43. The van der Waals surface area contributed by atoms with Crippen LogP contribution in [0.15, 0.2) is 23.3 Å². The normalized spacial score (nSPS) is 20.2. The second-order valence-electron chi connectivity index (χ2n) is 6.24. The van der Waals surface area contributed by atoms with Crippen LogP contribution in [0.3, 0.4) is 0 Å². The molecular weight excluding hydrogens is 320 g/mol. The molecule has 25 heavy (non-hydrogen) atoms. The van der Waals surface area contributed by atoms with Crippen molar-refractivity contribution in [3.05, 3.63) is 45.9 Å². The average Bonchev–Trinajstić information content (AvgIpc) is 3.05. The molecule has 0 aromatic carbocycles. The second kappa shape index (κ2) is 7.32. The lowest BCUT2D eigenvalue weighted by Gasteiger charge is -2.37. The molecule has 0 aliphatic carbocycles. The molecule has 1 amide bonds. The van der Waals surface area contributed by atoms with Crippen molar-refractivity contribution in [1.29, 1.82) is 0 Å². The van der Waals surface area contributed by atoms with E-state index in [1.165, 1.54) is 0 Å². The molecule has 2 aromatic rings. The number of hydrogen-bond acceptors (Lipinski definition) is 5. The summed E-state index contributed by atoms with van der Waals surface area (Å²) in [4.78, 5) is 32.2. The van der Waals surface area contributed by atoms with Gasteiger partial charge in [0.15, 0.2) is 0 Å². The molecule has 2 aromatic heterocycles. The molecule has 0 radical (unpaired) electrons. The molecule has 0 bridgehead atoms. The first-order chi connectivity index (χ1) is 12.1. The first-order valence-corrected chi connectivity index (χ1v) is 8.14. The van der Waals surface area contributed by atoms with Crippen LogP contribution < -0.4 is 11.0 Å². The molecule has 1 aliphatic heterocycles. The number of likely N-dealkylation sites (tertiary alicyclic amines) is 1. The molecule has 1 aliphatic rings. The summed E-state index contributed by atoms with van der Waals surface area (Å²) in [5.41, 5.74) is 0.805. The van der Waals surface area contributed by atoms with Gasteiger partial charge in [-0.1, -0.05) is 12.8 Å². The molecule has 2 atom stereocenters. The third-order valence-corrected chi connectivity index (χ3v) is 4.43. The SMILES string of the molecule is C#Cc1cncc(C(=O)N2CC[C@@H](NCc3n[nH]c(=O)[nH]3)[C@H](C)C2)c1. The van der Waals surface area contributed by atoms with Crippen molar-refractivity contribution in [2.45, 2.75) is 25.9 Å². The number of nitrogens with one attached hydrogen (secondary N) is 3. The van der Waals surface area contributed by atoms with E-state index in [1.54, 1.807) is 18.5 Å². The van der Waals surface area contributed by atoms with Crippen molar-refractivity contribution in [3.63, 3.8) is 0 Å². The Balaban J connectivity index is 1.58. The van der Waals surface area contributed by atoms with Gasteiger partial charge < -0.3 is 10.2 Å². The number of amides is 1. The largest absolute Gasteiger partial charge is 0.340 e. The summed E-state index contributed by atoms with van der Waals surface area (Å²) in [6.07, 6.45) is 9.30. The number of nitrogens with zero attached hydrogens (tertiary/aromatic N) is 3. The zero-order valence-electron chi connectivity index (χ0n) is 14.0. The summed E-state index contributed by atoms with van der Waals surface area (Å²) in [6, 6.07) is 1.94. The van der Waals surface area contributed by atoms with E-state index in [4.69, 9.17) is 6.42 Å². The minimum atomic E-state index is -0.312. The number of aromatic nitrogens is 4. The van der Waals surface area contributed by atoms with Gasteiger partial charge in [0.2, 0.25) is 0 Å². The number of carbonyl (C=O) groups excluding carboxylic acids is 1. The van der Waals surface area contributed by atoms with Gasteiger partial charge in [-0.15, -0.1) is 6.42 Å². The standard InChI is InChI=1S/C17H20N6O2/c1-3-12-6-13(8-18-7-12)16(24)23-5-4-14(11(2)10-23)19-9-15-20-17(25)22-21-15/h1,6-8,11,14,19H,4-5,9-10H2,2H3,(H2,20,21,22,25)/t11-,14-/m1/s1. The Labute approximate surface area is 145 Å². The number of hydrogen-bond donors (Lipinski definition) is 3. The fraction of sp³-hybridized carbons (Fsp3) is 0.412. The van der Waals surface area contributed by atoms with E-state index >= 15 is 0 Å². The van der Waals surface area contributed by atoms with E-state index in [-0.39, 0.29) is 23.6 Å². The molecule has 0 saturated carbocycles. The lowest BCUT2D eigenvalue weighted by atomic mass is 9.93. The Bertz CT molecular complexity index is 849. The zero-order valence-corrected chi connectivity index (χ0v) is 14.0. The van der Waals surface area contributed by atoms with Crippen LogP contribution in [-0.4, -0.2) is 50.1 Å². The first kappa shape index (κ1) is 16.9. The number of terminal acetylenes is 1. The molecule has 8 heteroatoms. The highest BCUT2D eigenvalue weighted by Gasteiger charge is 2.29. The Morgan fingerprint density at radius 2 is 2.36 bits per heavy atom. The van der Waals surface area contributed by atoms with Crippen LogP contribution in [0.1, 0.15) is 35.1 Å². The van der Waals surface area contributed by atoms with E-state index in [0.29, 0.717) is 36.6 Å². The molecule has 1 saturated heterocycles. The van der Waals surface area contributed by atoms with Gasteiger partial charge in [0, 0.05) is 37.1 Å². The van der Waals surface area contributed by atoms with Gasteiger partial charge in [0.05, 0.1) is 12.1 Å². The molecule has 3 rings (SSSR count). The highest BCUT2D eigenvalue weighted by atomic mass is 16.2. The highest BCUT2D eigenvalue weighted by molar-refractivity contribution is 5.94. The van der Waals surface area contributed by atoms with Crippen LogP contribution >= 0.6 is 0 Å². The highest BCUT2D eigenvalue weighted by Crippen LogP contribution is 2.19. The van der Waals surface area contributed by atoms with Crippen LogP contribution in [0.2, 0.25) is 0 Å². The van der Waals surface area contributed by atoms with Gasteiger partial charge in [-0.3, -0.25) is 14.8 Å². The summed E-state index contributed by atoms with van der Waals surface area (Å²) >= 11 is 0. The minimum Gasteiger partial charge on any atom is -0.338 e. The van der Waals surface area contributed by atoms with E-state index < -0.39 is 0 Å². The number of rotatable bonds is 4. The maximum Gasteiger partial charge on any atom is 0.340 e.